The van der Waals surface area contributed by atoms with Crippen LogP contribution in [-0.4, -0.2) is 69.0 Å². The van der Waals surface area contributed by atoms with Gasteiger partial charge in [-0.25, -0.2) is 0 Å². The van der Waals surface area contributed by atoms with Crippen LogP contribution >= 0.6 is 0 Å². The van der Waals surface area contributed by atoms with E-state index in [2.05, 4.69) is 30.0 Å². The molecular formula is C17H28N2O3. The van der Waals surface area contributed by atoms with Crippen molar-refractivity contribution in [3.63, 3.8) is 0 Å². The van der Waals surface area contributed by atoms with Crippen LogP contribution in [0.3, 0.4) is 0 Å². The Morgan fingerprint density at radius 2 is 2.27 bits per heavy atom. The van der Waals surface area contributed by atoms with Gasteiger partial charge in [0.15, 0.2) is 0 Å². The van der Waals surface area contributed by atoms with E-state index in [1.54, 1.807) is 6.26 Å². The van der Waals surface area contributed by atoms with Gasteiger partial charge in [-0.2, -0.15) is 0 Å². The molecule has 2 aliphatic rings. The normalized spacial score (nSPS) is 29.1. The quantitative estimate of drug-likeness (QED) is 0.719. The van der Waals surface area contributed by atoms with Crippen molar-refractivity contribution in [3.8, 4) is 0 Å². The van der Waals surface area contributed by atoms with E-state index in [1.165, 1.54) is 12.8 Å². The van der Waals surface area contributed by atoms with E-state index in [9.17, 15) is 0 Å². The highest BCUT2D eigenvalue weighted by Gasteiger charge is 2.42. The molecule has 22 heavy (non-hydrogen) atoms. The van der Waals surface area contributed by atoms with Gasteiger partial charge in [-0.05, 0) is 39.1 Å². The van der Waals surface area contributed by atoms with E-state index >= 15 is 0 Å². The van der Waals surface area contributed by atoms with E-state index in [1.807, 2.05) is 6.07 Å². The maximum Gasteiger partial charge on any atom is 0.117 e. The first-order chi connectivity index (χ1) is 10.7. The molecule has 1 aromatic heterocycles. The molecule has 3 atom stereocenters. The highest BCUT2D eigenvalue weighted by molar-refractivity contribution is 5.01. The van der Waals surface area contributed by atoms with E-state index in [0.717, 1.165) is 45.2 Å². The summed E-state index contributed by atoms with van der Waals surface area (Å²) in [5, 5.41) is 0. The van der Waals surface area contributed by atoms with E-state index in [-0.39, 0.29) is 0 Å². The van der Waals surface area contributed by atoms with Crippen molar-refractivity contribution < 1.29 is 13.9 Å². The smallest absolute Gasteiger partial charge is 0.117 e. The average Bonchev–Trinajstić information content (AvgIpc) is 3.14. The molecule has 0 spiro atoms. The molecule has 2 heterocycles. The Labute approximate surface area is 133 Å². The number of likely N-dealkylation sites (N-methyl/N-ethyl adjacent to an activating group) is 1. The molecule has 1 aliphatic carbocycles. The van der Waals surface area contributed by atoms with Crippen LogP contribution in [0.4, 0.5) is 0 Å². The van der Waals surface area contributed by atoms with Crippen LogP contribution in [0.5, 0.6) is 0 Å². The number of ether oxygens (including phenoxy) is 2. The van der Waals surface area contributed by atoms with Crippen molar-refractivity contribution >= 4 is 0 Å². The SMILES string of the molecule is CN(C)CCOC[C@@H]1CC[C@H]2[C@@H]1OCCN2Cc1ccco1. The topological polar surface area (TPSA) is 38.1 Å². The first-order valence-corrected chi connectivity index (χ1v) is 8.34. The van der Waals surface area contributed by atoms with Crippen LogP contribution in [0.2, 0.25) is 0 Å². The second-order valence-electron chi connectivity index (χ2n) is 6.67. The van der Waals surface area contributed by atoms with E-state index in [4.69, 9.17) is 13.9 Å². The lowest BCUT2D eigenvalue weighted by Gasteiger charge is -2.38. The van der Waals surface area contributed by atoms with Gasteiger partial charge in [0, 0.05) is 25.0 Å². The Morgan fingerprint density at radius 1 is 1.36 bits per heavy atom. The molecule has 1 saturated carbocycles. The van der Waals surface area contributed by atoms with Gasteiger partial charge in [-0.1, -0.05) is 0 Å². The van der Waals surface area contributed by atoms with Crippen LogP contribution < -0.4 is 0 Å². The number of nitrogens with zero attached hydrogens (tertiary/aromatic N) is 2. The standard InChI is InChI=1S/C17H28N2O3/c1-18(2)7-10-20-13-14-5-6-16-17(14)22-11-8-19(16)12-15-4-3-9-21-15/h3-4,9,14,16-17H,5-8,10-13H2,1-2H3/t14-,16-,17+/m0/s1. The third-order valence-electron chi connectivity index (χ3n) is 4.79. The fourth-order valence-corrected chi connectivity index (χ4v) is 3.60. The lowest BCUT2D eigenvalue weighted by molar-refractivity contribution is -0.0896. The third-order valence-corrected chi connectivity index (χ3v) is 4.79. The molecule has 3 rings (SSSR count). The number of rotatable bonds is 7. The molecular weight excluding hydrogens is 280 g/mol. The lowest BCUT2D eigenvalue weighted by Crippen LogP contribution is -2.50. The average molecular weight is 308 g/mol. The Hall–Kier alpha value is -0.880. The summed E-state index contributed by atoms with van der Waals surface area (Å²) in [7, 11) is 4.15. The number of hydrogen-bond acceptors (Lipinski definition) is 5. The Kier molecular flexibility index (Phi) is 5.52. The highest BCUT2D eigenvalue weighted by Crippen LogP contribution is 2.35. The first kappa shape index (κ1) is 16.0. The molecule has 1 aromatic rings. The lowest BCUT2D eigenvalue weighted by atomic mass is 10.0. The number of morpholine rings is 1. The van der Waals surface area contributed by atoms with Gasteiger partial charge in [-0.3, -0.25) is 4.90 Å². The summed E-state index contributed by atoms with van der Waals surface area (Å²) in [5.41, 5.74) is 0. The van der Waals surface area contributed by atoms with Gasteiger partial charge < -0.3 is 18.8 Å². The van der Waals surface area contributed by atoms with Gasteiger partial charge in [0.2, 0.25) is 0 Å². The van der Waals surface area contributed by atoms with Crippen LogP contribution in [0.1, 0.15) is 18.6 Å². The van der Waals surface area contributed by atoms with Crippen molar-refractivity contribution in [2.75, 3.05) is 47.0 Å². The molecule has 0 bridgehead atoms. The zero-order chi connectivity index (χ0) is 15.4. The van der Waals surface area contributed by atoms with Crippen molar-refractivity contribution in [2.45, 2.75) is 31.5 Å². The van der Waals surface area contributed by atoms with Crippen molar-refractivity contribution in [2.24, 2.45) is 5.92 Å². The first-order valence-electron chi connectivity index (χ1n) is 8.34. The predicted octanol–water partition coefficient (Wildman–Crippen LogP) is 1.84. The van der Waals surface area contributed by atoms with Crippen LogP contribution in [-0.2, 0) is 16.0 Å². The fraction of sp³-hybridized carbons (Fsp3) is 0.765. The summed E-state index contributed by atoms with van der Waals surface area (Å²) in [6.45, 7) is 5.31. The maximum atomic E-state index is 6.08. The predicted molar refractivity (Wildman–Crippen MR) is 84.7 cm³/mol. The van der Waals surface area contributed by atoms with Gasteiger partial charge in [-0.15, -0.1) is 0 Å². The second-order valence-corrected chi connectivity index (χ2v) is 6.67. The molecule has 0 radical (unpaired) electrons. The van der Waals surface area contributed by atoms with Crippen LogP contribution in [0.25, 0.3) is 0 Å². The summed E-state index contributed by atoms with van der Waals surface area (Å²) in [4.78, 5) is 4.67. The minimum Gasteiger partial charge on any atom is -0.468 e. The van der Waals surface area contributed by atoms with Gasteiger partial charge in [0.25, 0.3) is 0 Å². The minimum absolute atomic E-state index is 0.322. The van der Waals surface area contributed by atoms with Gasteiger partial charge in [0.05, 0.1) is 38.7 Å². The van der Waals surface area contributed by atoms with Crippen LogP contribution in [0, 0.1) is 5.92 Å². The summed E-state index contributed by atoms with van der Waals surface area (Å²) in [6.07, 6.45) is 4.48. The maximum absolute atomic E-state index is 6.08. The summed E-state index contributed by atoms with van der Waals surface area (Å²) < 4.78 is 17.4. The summed E-state index contributed by atoms with van der Waals surface area (Å²) >= 11 is 0. The Balaban J connectivity index is 1.49. The van der Waals surface area contributed by atoms with Crippen molar-refractivity contribution in [1.29, 1.82) is 0 Å². The second kappa shape index (κ2) is 7.59. The largest absolute Gasteiger partial charge is 0.468 e. The monoisotopic (exact) mass is 308 g/mol. The summed E-state index contributed by atoms with van der Waals surface area (Å²) in [6, 6.07) is 4.53. The molecule has 0 amide bonds. The number of hydrogen-bond donors (Lipinski definition) is 0. The van der Waals surface area contributed by atoms with Crippen molar-refractivity contribution in [1.82, 2.24) is 9.80 Å². The molecule has 1 aliphatic heterocycles. The van der Waals surface area contributed by atoms with E-state index in [0.29, 0.717) is 18.1 Å². The molecule has 124 valence electrons. The van der Waals surface area contributed by atoms with Gasteiger partial charge in [0.1, 0.15) is 5.76 Å². The van der Waals surface area contributed by atoms with Gasteiger partial charge >= 0.3 is 0 Å². The summed E-state index contributed by atoms with van der Waals surface area (Å²) in [5.74, 6) is 1.58. The number of furan rings is 1. The molecule has 0 N–H and O–H groups in total. The fourth-order valence-electron chi connectivity index (χ4n) is 3.60. The minimum atomic E-state index is 0.322. The highest BCUT2D eigenvalue weighted by atomic mass is 16.5. The molecule has 2 fully saturated rings. The molecule has 5 nitrogen and oxygen atoms in total. The Morgan fingerprint density at radius 3 is 3.05 bits per heavy atom. The molecule has 0 unspecified atom stereocenters. The van der Waals surface area contributed by atoms with Crippen molar-refractivity contribution in [3.05, 3.63) is 24.2 Å². The Bertz CT molecular complexity index is 435. The third kappa shape index (κ3) is 3.90. The zero-order valence-electron chi connectivity index (χ0n) is 13.7. The molecule has 0 aromatic carbocycles. The van der Waals surface area contributed by atoms with Crippen LogP contribution in [0.15, 0.2) is 22.8 Å². The molecule has 5 heteroatoms. The number of fused-ring (bicyclic) bond motifs is 1. The molecule has 1 saturated heterocycles. The zero-order valence-corrected chi connectivity index (χ0v) is 13.7. The van der Waals surface area contributed by atoms with E-state index < -0.39 is 0 Å².